The van der Waals surface area contributed by atoms with Crippen molar-refractivity contribution >= 4 is 11.9 Å². The molecule has 0 radical (unpaired) electrons. The zero-order valence-electron chi connectivity index (χ0n) is 10.3. The van der Waals surface area contributed by atoms with Crippen molar-refractivity contribution < 1.29 is 40.6 Å². The molecule has 100 valence electrons. The van der Waals surface area contributed by atoms with Crippen LogP contribution < -0.4 is 21.5 Å². The van der Waals surface area contributed by atoms with Gasteiger partial charge in [-0.05, 0) is 13.8 Å². The number of nitrogens with zero attached hydrogens (tertiary/aromatic N) is 1. The van der Waals surface area contributed by atoms with Gasteiger partial charge < -0.3 is 26.5 Å². The van der Waals surface area contributed by atoms with E-state index < -0.39 is 18.0 Å². The molecule has 1 aromatic rings. The molecule has 0 amide bonds. The number of carbonyl (C=O) groups excluding carboxylic acids is 2. The van der Waals surface area contributed by atoms with Crippen LogP contribution in [0.25, 0.3) is 0 Å². The quantitative estimate of drug-likeness (QED) is 0.346. The van der Waals surface area contributed by atoms with Gasteiger partial charge in [0.15, 0.2) is 12.4 Å². The standard InChI is InChI=1S/C12H16NO4.BrH/c1-3-16-11(14)10(12(15)17-4-2)13-8-6-5-7-9-13;/h5-10H,3-4H2,1-2H3;1H/q+1;/p-1. The van der Waals surface area contributed by atoms with Crippen molar-refractivity contribution in [1.29, 1.82) is 0 Å². The highest BCUT2D eigenvalue weighted by Gasteiger charge is 2.38. The van der Waals surface area contributed by atoms with Crippen LogP contribution in [0.1, 0.15) is 19.9 Å². The lowest BCUT2D eigenvalue weighted by Gasteiger charge is -2.09. The molecule has 0 aliphatic heterocycles. The fourth-order valence-electron chi connectivity index (χ4n) is 1.37. The second kappa shape index (κ2) is 8.63. The van der Waals surface area contributed by atoms with Crippen molar-refractivity contribution in [2.45, 2.75) is 19.9 Å². The minimum atomic E-state index is -1.07. The lowest BCUT2D eigenvalue weighted by atomic mass is 10.3. The number of pyridine rings is 1. The SMILES string of the molecule is CCOC(=O)C(C(=O)OCC)[n+]1ccccc1.[Br-]. The Hall–Kier alpha value is -1.43. The van der Waals surface area contributed by atoms with Crippen LogP contribution in [0.4, 0.5) is 0 Å². The Labute approximate surface area is 116 Å². The lowest BCUT2D eigenvalue weighted by Crippen LogP contribution is -3.00. The Bertz CT molecular complexity index is 365. The van der Waals surface area contributed by atoms with Crippen LogP contribution in [-0.2, 0) is 19.1 Å². The van der Waals surface area contributed by atoms with E-state index >= 15 is 0 Å². The third-order valence-corrected chi connectivity index (χ3v) is 2.06. The molecule has 1 rings (SSSR count). The van der Waals surface area contributed by atoms with Gasteiger partial charge >= 0.3 is 18.0 Å². The number of ether oxygens (including phenoxy) is 2. The van der Waals surface area contributed by atoms with Gasteiger partial charge in [-0.2, -0.15) is 4.57 Å². The van der Waals surface area contributed by atoms with E-state index in [2.05, 4.69) is 0 Å². The minimum absolute atomic E-state index is 0. The number of esters is 2. The number of hydrogen-bond donors (Lipinski definition) is 0. The van der Waals surface area contributed by atoms with Gasteiger partial charge in [-0.25, -0.2) is 9.59 Å². The summed E-state index contributed by atoms with van der Waals surface area (Å²) in [4.78, 5) is 23.4. The maximum Gasteiger partial charge on any atom is 0.388 e. The van der Waals surface area contributed by atoms with E-state index in [9.17, 15) is 9.59 Å². The maximum atomic E-state index is 11.7. The molecule has 5 nitrogen and oxygen atoms in total. The number of hydrogen-bond acceptors (Lipinski definition) is 4. The third kappa shape index (κ3) is 4.44. The van der Waals surface area contributed by atoms with Gasteiger partial charge in [-0.1, -0.05) is 6.07 Å². The summed E-state index contributed by atoms with van der Waals surface area (Å²) < 4.78 is 11.2. The van der Waals surface area contributed by atoms with E-state index in [4.69, 9.17) is 9.47 Å². The summed E-state index contributed by atoms with van der Waals surface area (Å²) in [6.07, 6.45) is 3.25. The predicted molar refractivity (Wildman–Crippen MR) is 58.9 cm³/mol. The molecule has 0 saturated carbocycles. The molecule has 0 aliphatic carbocycles. The van der Waals surface area contributed by atoms with E-state index in [0.717, 1.165) is 0 Å². The molecule has 6 heteroatoms. The largest absolute Gasteiger partial charge is 1.00 e. The first-order valence-corrected chi connectivity index (χ1v) is 5.49. The molecule has 0 fully saturated rings. The van der Waals surface area contributed by atoms with E-state index in [1.54, 1.807) is 44.4 Å². The number of aromatic nitrogens is 1. The summed E-state index contributed by atoms with van der Waals surface area (Å²) in [7, 11) is 0. The average molecular weight is 318 g/mol. The first-order valence-electron chi connectivity index (χ1n) is 5.49. The first-order chi connectivity index (χ1) is 8.20. The highest BCUT2D eigenvalue weighted by atomic mass is 79.9. The van der Waals surface area contributed by atoms with Crippen LogP contribution in [0.5, 0.6) is 0 Å². The normalized spacial score (nSPS) is 9.50. The van der Waals surface area contributed by atoms with Crippen LogP contribution in [0.3, 0.4) is 0 Å². The molecule has 18 heavy (non-hydrogen) atoms. The minimum Gasteiger partial charge on any atom is -1.00 e. The molecular formula is C12H16BrNO4. The lowest BCUT2D eigenvalue weighted by molar-refractivity contribution is -0.699. The Morgan fingerprint density at radius 1 is 1.00 bits per heavy atom. The molecular weight excluding hydrogens is 302 g/mol. The van der Waals surface area contributed by atoms with E-state index in [-0.39, 0.29) is 30.2 Å². The van der Waals surface area contributed by atoms with Crippen molar-refractivity contribution in [3.63, 3.8) is 0 Å². The molecule has 0 bridgehead atoms. The molecule has 0 saturated heterocycles. The molecule has 1 aromatic heterocycles. The summed E-state index contributed by atoms with van der Waals surface area (Å²) in [5, 5.41) is 0. The zero-order chi connectivity index (χ0) is 12.7. The molecule has 0 atom stereocenters. The zero-order valence-corrected chi connectivity index (χ0v) is 11.9. The Balaban J connectivity index is 0.00000289. The fourth-order valence-corrected chi connectivity index (χ4v) is 1.37. The van der Waals surface area contributed by atoms with E-state index in [1.165, 1.54) is 4.57 Å². The first kappa shape index (κ1) is 16.6. The second-order valence-electron chi connectivity index (χ2n) is 3.23. The van der Waals surface area contributed by atoms with E-state index in [1.807, 2.05) is 0 Å². The van der Waals surface area contributed by atoms with Gasteiger partial charge in [0.05, 0.1) is 13.2 Å². The Kier molecular flexibility index (Phi) is 7.94. The van der Waals surface area contributed by atoms with Gasteiger partial charge in [0.1, 0.15) is 0 Å². The van der Waals surface area contributed by atoms with Crippen LogP contribution in [0.15, 0.2) is 30.6 Å². The predicted octanol–water partition coefficient (Wildman–Crippen LogP) is -2.35. The highest BCUT2D eigenvalue weighted by Crippen LogP contribution is 2.03. The smallest absolute Gasteiger partial charge is 0.388 e. The summed E-state index contributed by atoms with van der Waals surface area (Å²) in [5.74, 6) is -1.22. The summed E-state index contributed by atoms with van der Waals surface area (Å²) in [6.45, 7) is 3.83. The van der Waals surface area contributed by atoms with Crippen LogP contribution in [0.2, 0.25) is 0 Å². The average Bonchev–Trinajstić information content (AvgIpc) is 2.31. The summed E-state index contributed by atoms with van der Waals surface area (Å²) in [6, 6.07) is 4.18. The van der Waals surface area contributed by atoms with Crippen molar-refractivity contribution in [2.24, 2.45) is 0 Å². The molecule has 0 N–H and O–H groups in total. The molecule has 0 aliphatic rings. The molecule has 0 unspecified atom stereocenters. The van der Waals surface area contributed by atoms with E-state index in [0.29, 0.717) is 0 Å². The van der Waals surface area contributed by atoms with Gasteiger partial charge in [-0.3, -0.25) is 0 Å². The van der Waals surface area contributed by atoms with Crippen molar-refractivity contribution in [2.75, 3.05) is 13.2 Å². The van der Waals surface area contributed by atoms with Crippen LogP contribution in [-0.4, -0.2) is 25.2 Å². The summed E-state index contributed by atoms with van der Waals surface area (Å²) in [5.41, 5.74) is 0. The monoisotopic (exact) mass is 317 g/mol. The Morgan fingerprint density at radius 3 is 1.83 bits per heavy atom. The van der Waals surface area contributed by atoms with Gasteiger partial charge in [0, 0.05) is 12.1 Å². The fraction of sp³-hybridized carbons (Fsp3) is 0.417. The highest BCUT2D eigenvalue weighted by molar-refractivity contribution is 5.95. The van der Waals surface area contributed by atoms with Crippen molar-refractivity contribution in [3.8, 4) is 0 Å². The van der Waals surface area contributed by atoms with Gasteiger partial charge in [-0.15, -0.1) is 0 Å². The maximum absolute atomic E-state index is 11.7. The number of halogens is 1. The molecule has 0 spiro atoms. The molecule has 1 heterocycles. The van der Waals surface area contributed by atoms with Gasteiger partial charge in [0.2, 0.25) is 0 Å². The van der Waals surface area contributed by atoms with Crippen molar-refractivity contribution in [3.05, 3.63) is 30.6 Å². The third-order valence-electron chi connectivity index (χ3n) is 2.06. The number of carbonyl (C=O) groups is 2. The second-order valence-corrected chi connectivity index (χ2v) is 3.23. The van der Waals surface area contributed by atoms with Gasteiger partial charge in [0.25, 0.3) is 0 Å². The van der Waals surface area contributed by atoms with Crippen LogP contribution >= 0.6 is 0 Å². The number of rotatable bonds is 5. The Morgan fingerprint density at radius 2 is 1.44 bits per heavy atom. The van der Waals surface area contributed by atoms with Crippen molar-refractivity contribution in [1.82, 2.24) is 0 Å². The topological polar surface area (TPSA) is 56.5 Å². The summed E-state index contributed by atoms with van der Waals surface area (Å²) >= 11 is 0. The molecule has 0 aromatic carbocycles. The van der Waals surface area contributed by atoms with Crippen LogP contribution in [0, 0.1) is 0 Å².